The molecule has 0 spiro atoms. The van der Waals surface area contributed by atoms with Crippen LogP contribution in [-0.4, -0.2) is 20.0 Å². The zero-order chi connectivity index (χ0) is 11.5. The molecule has 84 valence electrons. The Kier molecular flexibility index (Phi) is 2.96. The normalized spacial score (nSPS) is 12.7. The van der Waals surface area contributed by atoms with Gasteiger partial charge in [-0.25, -0.2) is 0 Å². The van der Waals surface area contributed by atoms with E-state index in [9.17, 15) is 0 Å². The van der Waals surface area contributed by atoms with E-state index in [0.717, 1.165) is 23.4 Å². The molecule has 0 fully saturated rings. The van der Waals surface area contributed by atoms with Crippen molar-refractivity contribution in [1.29, 1.82) is 0 Å². The molecule has 5 heteroatoms. The fourth-order valence-electron chi connectivity index (χ4n) is 1.75. The number of aryl methyl sites for hydroxylation is 2. The SMILES string of the molecule is CCc1cccnc1C(N)c1cnnn1C. The molecule has 16 heavy (non-hydrogen) atoms. The van der Waals surface area contributed by atoms with Crippen molar-refractivity contribution in [2.24, 2.45) is 12.8 Å². The molecule has 2 N–H and O–H groups in total. The monoisotopic (exact) mass is 217 g/mol. The Balaban J connectivity index is 2.41. The van der Waals surface area contributed by atoms with Gasteiger partial charge >= 0.3 is 0 Å². The van der Waals surface area contributed by atoms with E-state index in [-0.39, 0.29) is 6.04 Å². The summed E-state index contributed by atoms with van der Waals surface area (Å²) in [7, 11) is 1.83. The van der Waals surface area contributed by atoms with Crippen LogP contribution in [0.25, 0.3) is 0 Å². The average molecular weight is 217 g/mol. The molecule has 0 amide bonds. The average Bonchev–Trinajstić information content (AvgIpc) is 2.74. The summed E-state index contributed by atoms with van der Waals surface area (Å²) in [4.78, 5) is 4.35. The Morgan fingerprint density at radius 2 is 2.31 bits per heavy atom. The fraction of sp³-hybridized carbons (Fsp3) is 0.364. The van der Waals surface area contributed by atoms with E-state index < -0.39 is 0 Å². The van der Waals surface area contributed by atoms with Gasteiger partial charge in [-0.1, -0.05) is 18.2 Å². The molecule has 2 aromatic heterocycles. The van der Waals surface area contributed by atoms with Crippen LogP contribution in [0.15, 0.2) is 24.5 Å². The smallest absolute Gasteiger partial charge is 0.0916 e. The Bertz CT molecular complexity index is 477. The summed E-state index contributed by atoms with van der Waals surface area (Å²) in [6, 6.07) is 3.71. The van der Waals surface area contributed by atoms with Gasteiger partial charge in [0.15, 0.2) is 0 Å². The second-order valence-electron chi connectivity index (χ2n) is 3.66. The molecule has 0 aliphatic rings. The van der Waals surface area contributed by atoms with Crippen molar-refractivity contribution >= 4 is 0 Å². The van der Waals surface area contributed by atoms with Gasteiger partial charge in [-0.05, 0) is 18.1 Å². The minimum atomic E-state index is -0.267. The molecular formula is C11H15N5. The minimum Gasteiger partial charge on any atom is -0.318 e. The van der Waals surface area contributed by atoms with Crippen LogP contribution >= 0.6 is 0 Å². The molecule has 0 saturated carbocycles. The molecule has 5 nitrogen and oxygen atoms in total. The Labute approximate surface area is 94.3 Å². The van der Waals surface area contributed by atoms with Crippen LogP contribution in [0.3, 0.4) is 0 Å². The number of rotatable bonds is 3. The van der Waals surface area contributed by atoms with Gasteiger partial charge in [0, 0.05) is 13.2 Å². The first kappa shape index (κ1) is 10.8. The van der Waals surface area contributed by atoms with E-state index >= 15 is 0 Å². The van der Waals surface area contributed by atoms with Crippen LogP contribution in [-0.2, 0) is 13.5 Å². The molecule has 0 bridgehead atoms. The summed E-state index contributed by atoms with van der Waals surface area (Å²) in [6.45, 7) is 2.09. The van der Waals surface area contributed by atoms with Crippen molar-refractivity contribution in [3.8, 4) is 0 Å². The van der Waals surface area contributed by atoms with Crippen molar-refractivity contribution in [3.05, 3.63) is 41.5 Å². The number of hydrogen-bond acceptors (Lipinski definition) is 4. The van der Waals surface area contributed by atoms with E-state index in [1.165, 1.54) is 0 Å². The van der Waals surface area contributed by atoms with Gasteiger partial charge in [0.1, 0.15) is 0 Å². The lowest BCUT2D eigenvalue weighted by atomic mass is 10.0. The van der Waals surface area contributed by atoms with E-state index in [2.05, 4.69) is 22.2 Å². The van der Waals surface area contributed by atoms with Crippen molar-refractivity contribution in [3.63, 3.8) is 0 Å². The lowest BCUT2D eigenvalue weighted by Gasteiger charge is -2.13. The fourth-order valence-corrected chi connectivity index (χ4v) is 1.75. The number of aromatic nitrogens is 4. The second kappa shape index (κ2) is 4.40. The van der Waals surface area contributed by atoms with Crippen LogP contribution in [0, 0.1) is 0 Å². The Morgan fingerprint density at radius 3 is 2.94 bits per heavy atom. The van der Waals surface area contributed by atoms with E-state index in [1.54, 1.807) is 17.1 Å². The molecule has 0 aromatic carbocycles. The molecule has 0 aliphatic carbocycles. The zero-order valence-corrected chi connectivity index (χ0v) is 9.46. The zero-order valence-electron chi connectivity index (χ0n) is 9.46. The summed E-state index contributed by atoms with van der Waals surface area (Å²) < 4.78 is 1.68. The standard InChI is InChI=1S/C11H15N5/c1-3-8-5-4-6-13-11(8)10(12)9-7-14-15-16(9)2/h4-7,10H,3,12H2,1-2H3. The number of nitrogens with zero attached hydrogens (tertiary/aromatic N) is 4. The molecule has 0 saturated heterocycles. The first-order valence-corrected chi connectivity index (χ1v) is 5.28. The summed E-state index contributed by atoms with van der Waals surface area (Å²) in [5, 5.41) is 7.71. The molecule has 2 aromatic rings. The van der Waals surface area contributed by atoms with Gasteiger partial charge in [0.2, 0.25) is 0 Å². The summed E-state index contributed by atoms with van der Waals surface area (Å²) >= 11 is 0. The second-order valence-corrected chi connectivity index (χ2v) is 3.66. The number of hydrogen-bond donors (Lipinski definition) is 1. The van der Waals surface area contributed by atoms with Gasteiger partial charge in [-0.3, -0.25) is 9.67 Å². The largest absolute Gasteiger partial charge is 0.318 e. The first-order valence-electron chi connectivity index (χ1n) is 5.28. The molecule has 1 atom stereocenters. The quantitative estimate of drug-likeness (QED) is 0.826. The van der Waals surface area contributed by atoms with Crippen molar-refractivity contribution in [1.82, 2.24) is 20.0 Å². The first-order chi connectivity index (χ1) is 7.74. The van der Waals surface area contributed by atoms with Crippen LogP contribution in [0.1, 0.15) is 29.9 Å². The lowest BCUT2D eigenvalue weighted by Crippen LogP contribution is -2.18. The molecular weight excluding hydrogens is 202 g/mol. The highest BCUT2D eigenvalue weighted by molar-refractivity contribution is 5.28. The Morgan fingerprint density at radius 1 is 1.50 bits per heavy atom. The van der Waals surface area contributed by atoms with Crippen LogP contribution in [0.5, 0.6) is 0 Å². The van der Waals surface area contributed by atoms with Gasteiger partial charge in [-0.15, -0.1) is 5.10 Å². The van der Waals surface area contributed by atoms with Gasteiger partial charge < -0.3 is 5.73 Å². The Hall–Kier alpha value is -1.75. The van der Waals surface area contributed by atoms with E-state index in [0.29, 0.717) is 0 Å². The number of pyridine rings is 1. The highest BCUT2D eigenvalue weighted by Gasteiger charge is 2.17. The summed E-state index contributed by atoms with van der Waals surface area (Å²) in [5.74, 6) is 0. The highest BCUT2D eigenvalue weighted by Crippen LogP contribution is 2.19. The molecule has 0 aliphatic heterocycles. The summed E-state index contributed by atoms with van der Waals surface area (Å²) in [6.07, 6.45) is 4.36. The van der Waals surface area contributed by atoms with Gasteiger partial charge in [-0.2, -0.15) is 0 Å². The van der Waals surface area contributed by atoms with Crippen LogP contribution < -0.4 is 5.73 Å². The van der Waals surface area contributed by atoms with Crippen molar-refractivity contribution < 1.29 is 0 Å². The highest BCUT2D eigenvalue weighted by atomic mass is 15.4. The predicted molar refractivity (Wildman–Crippen MR) is 60.6 cm³/mol. The van der Waals surface area contributed by atoms with Gasteiger partial charge in [0.25, 0.3) is 0 Å². The predicted octanol–water partition coefficient (Wildman–Crippen LogP) is 0.821. The maximum absolute atomic E-state index is 6.17. The molecule has 2 heterocycles. The maximum atomic E-state index is 6.17. The summed E-state index contributed by atoms with van der Waals surface area (Å²) in [5.41, 5.74) is 9.11. The van der Waals surface area contributed by atoms with E-state index in [1.807, 2.05) is 19.2 Å². The van der Waals surface area contributed by atoms with Crippen molar-refractivity contribution in [2.45, 2.75) is 19.4 Å². The molecule has 0 radical (unpaired) electrons. The minimum absolute atomic E-state index is 0.267. The number of nitrogens with two attached hydrogens (primary N) is 1. The van der Waals surface area contributed by atoms with Crippen LogP contribution in [0.2, 0.25) is 0 Å². The topological polar surface area (TPSA) is 69.6 Å². The van der Waals surface area contributed by atoms with Gasteiger partial charge in [0.05, 0.1) is 23.6 Å². The van der Waals surface area contributed by atoms with Crippen molar-refractivity contribution in [2.75, 3.05) is 0 Å². The lowest BCUT2D eigenvalue weighted by molar-refractivity contribution is 0.641. The third kappa shape index (κ3) is 1.81. The van der Waals surface area contributed by atoms with Crippen LogP contribution in [0.4, 0.5) is 0 Å². The molecule has 2 rings (SSSR count). The molecule has 1 unspecified atom stereocenters. The third-order valence-electron chi connectivity index (χ3n) is 2.67. The third-order valence-corrected chi connectivity index (χ3v) is 2.67. The van der Waals surface area contributed by atoms with E-state index in [4.69, 9.17) is 5.73 Å². The maximum Gasteiger partial charge on any atom is 0.0916 e.